The summed E-state index contributed by atoms with van der Waals surface area (Å²) in [6.07, 6.45) is 1.82. The average Bonchev–Trinajstić information content (AvgIpc) is 2.55. The largest absolute Gasteiger partial charge is 0.508 e. The fourth-order valence-corrected chi connectivity index (χ4v) is 2.73. The zero-order valence-corrected chi connectivity index (χ0v) is 13.9. The van der Waals surface area contributed by atoms with Crippen LogP contribution in [-0.2, 0) is 9.59 Å². The number of fused-ring (bicyclic) bond motifs is 1. The second-order valence-corrected chi connectivity index (χ2v) is 5.70. The van der Waals surface area contributed by atoms with Crippen LogP contribution in [0.3, 0.4) is 0 Å². The van der Waals surface area contributed by atoms with Crippen molar-refractivity contribution in [3.8, 4) is 11.5 Å². The van der Waals surface area contributed by atoms with Gasteiger partial charge in [-0.2, -0.15) is 0 Å². The Morgan fingerprint density at radius 2 is 2.00 bits per heavy atom. The van der Waals surface area contributed by atoms with E-state index >= 15 is 0 Å². The van der Waals surface area contributed by atoms with Gasteiger partial charge in [-0.05, 0) is 31.4 Å². The van der Waals surface area contributed by atoms with Crippen molar-refractivity contribution in [2.24, 2.45) is 0 Å². The van der Waals surface area contributed by atoms with E-state index in [1.165, 1.54) is 17.0 Å². The molecule has 0 spiro atoms. The average molecular weight is 320 g/mol. The molecule has 2 N–H and O–H groups in total. The Labute approximate surface area is 136 Å². The van der Waals surface area contributed by atoms with Crippen LogP contribution in [0.2, 0.25) is 0 Å². The number of amides is 2. The fraction of sp³-hybridized carbons (Fsp3) is 0.529. The van der Waals surface area contributed by atoms with Crippen LogP contribution in [0.25, 0.3) is 0 Å². The molecule has 0 bridgehead atoms. The number of carbonyl (C=O) groups excluding carboxylic acids is 2. The molecule has 0 radical (unpaired) electrons. The van der Waals surface area contributed by atoms with Gasteiger partial charge in [0.15, 0.2) is 5.60 Å². The van der Waals surface area contributed by atoms with Crippen LogP contribution < -0.4 is 15.0 Å². The van der Waals surface area contributed by atoms with Crippen LogP contribution in [0.5, 0.6) is 11.5 Å². The molecule has 1 aromatic carbocycles. The minimum atomic E-state index is -0.994. The maximum Gasteiger partial charge on any atom is 0.271 e. The second-order valence-electron chi connectivity index (χ2n) is 5.70. The van der Waals surface area contributed by atoms with Gasteiger partial charge >= 0.3 is 0 Å². The van der Waals surface area contributed by atoms with E-state index in [9.17, 15) is 14.7 Å². The van der Waals surface area contributed by atoms with E-state index in [0.29, 0.717) is 30.8 Å². The maximum atomic E-state index is 12.9. The van der Waals surface area contributed by atoms with Crippen LogP contribution in [0.1, 0.15) is 40.0 Å². The quantitative estimate of drug-likeness (QED) is 0.842. The predicted octanol–water partition coefficient (Wildman–Crippen LogP) is 2.20. The lowest BCUT2D eigenvalue weighted by molar-refractivity contribution is -0.137. The minimum Gasteiger partial charge on any atom is -0.508 e. The van der Waals surface area contributed by atoms with Crippen LogP contribution in [0.15, 0.2) is 18.2 Å². The summed E-state index contributed by atoms with van der Waals surface area (Å²) < 4.78 is 5.92. The van der Waals surface area contributed by atoms with Crippen molar-refractivity contribution in [3.63, 3.8) is 0 Å². The smallest absolute Gasteiger partial charge is 0.271 e. The predicted molar refractivity (Wildman–Crippen MR) is 87.7 cm³/mol. The van der Waals surface area contributed by atoms with Crippen molar-refractivity contribution in [2.75, 3.05) is 18.0 Å². The van der Waals surface area contributed by atoms with E-state index in [0.717, 1.165) is 6.42 Å². The standard InChI is InChI=1S/C17H24N2O4/c1-4-9-18-15(21)11-19-13-8-7-12(20)10-14(13)23-17(5-2,6-3)16(19)22/h7-8,10,20H,4-6,9,11H2,1-3H3,(H,18,21). The summed E-state index contributed by atoms with van der Waals surface area (Å²) in [6, 6.07) is 4.57. The van der Waals surface area contributed by atoms with Gasteiger partial charge in [0.2, 0.25) is 5.91 Å². The molecule has 6 nitrogen and oxygen atoms in total. The molecule has 0 fully saturated rings. The molecule has 1 aliphatic rings. The normalized spacial score (nSPS) is 15.8. The van der Waals surface area contributed by atoms with Gasteiger partial charge in [0.05, 0.1) is 5.69 Å². The number of carbonyl (C=O) groups is 2. The number of hydrogen-bond donors (Lipinski definition) is 2. The zero-order chi connectivity index (χ0) is 17.0. The summed E-state index contributed by atoms with van der Waals surface area (Å²) in [5.41, 5.74) is -0.483. The molecular formula is C17H24N2O4. The number of benzene rings is 1. The first-order valence-corrected chi connectivity index (χ1v) is 8.08. The van der Waals surface area contributed by atoms with Crippen molar-refractivity contribution < 1.29 is 19.4 Å². The van der Waals surface area contributed by atoms with Gasteiger partial charge in [-0.15, -0.1) is 0 Å². The van der Waals surface area contributed by atoms with Crippen LogP contribution in [-0.4, -0.2) is 35.6 Å². The summed E-state index contributed by atoms with van der Waals surface area (Å²) in [7, 11) is 0. The first kappa shape index (κ1) is 17.1. The van der Waals surface area contributed by atoms with Crippen molar-refractivity contribution in [3.05, 3.63) is 18.2 Å². The molecule has 0 saturated heterocycles. The van der Waals surface area contributed by atoms with Crippen molar-refractivity contribution >= 4 is 17.5 Å². The zero-order valence-electron chi connectivity index (χ0n) is 13.9. The van der Waals surface area contributed by atoms with E-state index < -0.39 is 5.60 Å². The molecule has 0 aliphatic carbocycles. The molecule has 2 amide bonds. The Morgan fingerprint density at radius 1 is 1.30 bits per heavy atom. The number of ether oxygens (including phenoxy) is 1. The Hall–Kier alpha value is -2.24. The Kier molecular flexibility index (Phi) is 5.13. The number of anilines is 1. The van der Waals surface area contributed by atoms with Crippen LogP contribution in [0.4, 0.5) is 5.69 Å². The third-order valence-electron chi connectivity index (χ3n) is 4.19. The number of rotatable bonds is 6. The lowest BCUT2D eigenvalue weighted by atomic mass is 9.92. The molecule has 126 valence electrons. The van der Waals surface area contributed by atoms with Gasteiger partial charge in [0, 0.05) is 12.6 Å². The molecule has 23 heavy (non-hydrogen) atoms. The number of nitrogens with zero attached hydrogens (tertiary/aromatic N) is 1. The number of aromatic hydroxyl groups is 1. The summed E-state index contributed by atoms with van der Waals surface area (Å²) in [4.78, 5) is 26.5. The number of hydrogen-bond acceptors (Lipinski definition) is 4. The third kappa shape index (κ3) is 3.25. The van der Waals surface area contributed by atoms with Gasteiger partial charge < -0.3 is 15.2 Å². The maximum absolute atomic E-state index is 12.9. The molecule has 0 saturated carbocycles. The van der Waals surface area contributed by atoms with Gasteiger partial charge in [0.25, 0.3) is 5.91 Å². The summed E-state index contributed by atoms with van der Waals surface area (Å²) in [5, 5.41) is 12.5. The molecule has 0 atom stereocenters. The highest BCUT2D eigenvalue weighted by atomic mass is 16.5. The summed E-state index contributed by atoms with van der Waals surface area (Å²) in [6.45, 7) is 6.25. The van der Waals surface area contributed by atoms with Crippen molar-refractivity contribution in [2.45, 2.75) is 45.6 Å². The fourth-order valence-electron chi connectivity index (χ4n) is 2.73. The topological polar surface area (TPSA) is 78.9 Å². The van der Waals surface area contributed by atoms with E-state index in [-0.39, 0.29) is 24.1 Å². The molecule has 6 heteroatoms. The van der Waals surface area contributed by atoms with E-state index in [4.69, 9.17) is 4.74 Å². The van der Waals surface area contributed by atoms with Gasteiger partial charge in [-0.25, -0.2) is 0 Å². The van der Waals surface area contributed by atoms with Crippen molar-refractivity contribution in [1.82, 2.24) is 5.32 Å². The van der Waals surface area contributed by atoms with Gasteiger partial charge in [-0.3, -0.25) is 14.5 Å². The third-order valence-corrected chi connectivity index (χ3v) is 4.19. The van der Waals surface area contributed by atoms with E-state index in [1.807, 2.05) is 20.8 Å². The Morgan fingerprint density at radius 3 is 2.61 bits per heavy atom. The molecule has 0 unspecified atom stereocenters. The number of nitrogens with one attached hydrogen (secondary N) is 1. The van der Waals surface area contributed by atoms with Gasteiger partial charge in [0.1, 0.15) is 18.0 Å². The second kappa shape index (κ2) is 6.89. The highest BCUT2D eigenvalue weighted by Gasteiger charge is 2.46. The van der Waals surface area contributed by atoms with Crippen molar-refractivity contribution in [1.29, 1.82) is 0 Å². The molecule has 2 rings (SSSR count). The van der Waals surface area contributed by atoms with E-state index in [2.05, 4.69) is 5.32 Å². The Balaban J connectivity index is 2.38. The molecule has 1 aliphatic heterocycles. The summed E-state index contributed by atoms with van der Waals surface area (Å²) in [5.74, 6) is 0.0701. The summed E-state index contributed by atoms with van der Waals surface area (Å²) >= 11 is 0. The lowest BCUT2D eigenvalue weighted by Gasteiger charge is -2.41. The van der Waals surface area contributed by atoms with Crippen LogP contribution in [0, 0.1) is 0 Å². The lowest BCUT2D eigenvalue weighted by Crippen LogP contribution is -2.57. The number of phenolic OH excluding ortho intramolecular Hbond substituents is 1. The molecule has 0 aromatic heterocycles. The molecule has 1 aromatic rings. The van der Waals surface area contributed by atoms with Gasteiger partial charge in [-0.1, -0.05) is 20.8 Å². The first-order chi connectivity index (χ1) is 11.0. The monoisotopic (exact) mass is 320 g/mol. The first-order valence-electron chi connectivity index (χ1n) is 8.08. The minimum absolute atomic E-state index is 0.0539. The SMILES string of the molecule is CCCNC(=O)CN1C(=O)C(CC)(CC)Oc2cc(O)ccc21. The molecule has 1 heterocycles. The Bertz CT molecular complexity index is 596. The van der Waals surface area contributed by atoms with Crippen LogP contribution >= 0.6 is 0 Å². The highest BCUT2D eigenvalue weighted by Crippen LogP contribution is 2.42. The number of phenols is 1. The molecular weight excluding hydrogens is 296 g/mol. The highest BCUT2D eigenvalue weighted by molar-refractivity contribution is 6.06. The van der Waals surface area contributed by atoms with E-state index in [1.54, 1.807) is 6.07 Å².